The van der Waals surface area contributed by atoms with Crippen LogP contribution in [-0.4, -0.2) is 44.2 Å². The number of nitrogen functional groups attached to an aromatic ring is 1. The van der Waals surface area contributed by atoms with Crippen LogP contribution in [0.5, 0.6) is 5.75 Å². The smallest absolute Gasteiger partial charge is 0.254 e. The van der Waals surface area contributed by atoms with Crippen LogP contribution in [0.25, 0.3) is 32.9 Å². The number of carbonyl (C=O) groups is 1. The van der Waals surface area contributed by atoms with Gasteiger partial charge in [-0.15, -0.1) is 0 Å². The van der Waals surface area contributed by atoms with Gasteiger partial charge >= 0.3 is 0 Å². The van der Waals surface area contributed by atoms with Gasteiger partial charge in [-0.05, 0) is 35.9 Å². The Balaban J connectivity index is 1.34. The van der Waals surface area contributed by atoms with Crippen molar-refractivity contribution in [2.24, 2.45) is 7.05 Å². The number of anilines is 1. The van der Waals surface area contributed by atoms with Gasteiger partial charge in [0.2, 0.25) is 0 Å². The zero-order valence-electron chi connectivity index (χ0n) is 18.8. The summed E-state index contributed by atoms with van der Waals surface area (Å²) in [6.45, 7) is 0.408. The summed E-state index contributed by atoms with van der Waals surface area (Å²) in [5.41, 5.74) is 11.3. The van der Waals surface area contributed by atoms with Crippen LogP contribution in [0, 0.1) is 0 Å². The predicted octanol–water partition coefficient (Wildman–Crippen LogP) is 3.97. The molecule has 0 fully saturated rings. The van der Waals surface area contributed by atoms with Gasteiger partial charge in [0.25, 0.3) is 5.91 Å². The number of carbonyl (C=O) groups excluding carboxylic acids is 1. The fourth-order valence-electron chi connectivity index (χ4n) is 4.66. The Kier molecular flexibility index (Phi) is 4.48. The van der Waals surface area contributed by atoms with Crippen molar-refractivity contribution in [3.8, 4) is 16.9 Å². The first-order valence-corrected chi connectivity index (χ1v) is 11.0. The van der Waals surface area contributed by atoms with Crippen molar-refractivity contribution in [2.75, 3.05) is 19.4 Å². The molecule has 1 amide bonds. The van der Waals surface area contributed by atoms with Gasteiger partial charge in [0.05, 0.1) is 28.7 Å². The molecule has 34 heavy (non-hydrogen) atoms. The average Bonchev–Trinajstić information content (AvgIpc) is 3.47. The summed E-state index contributed by atoms with van der Waals surface area (Å²) in [6.07, 6.45) is 5.27. The highest BCUT2D eigenvalue weighted by Crippen LogP contribution is 2.39. The van der Waals surface area contributed by atoms with Crippen LogP contribution in [0.4, 0.5) is 5.82 Å². The minimum Gasteiger partial charge on any atom is -0.491 e. The molecule has 8 nitrogen and oxygen atoms in total. The number of nitrogens with two attached hydrogens (primary N) is 1. The third kappa shape index (κ3) is 3.07. The molecule has 6 rings (SSSR count). The first-order chi connectivity index (χ1) is 16.5. The van der Waals surface area contributed by atoms with Crippen LogP contribution < -0.4 is 10.5 Å². The van der Waals surface area contributed by atoms with Gasteiger partial charge in [-0.3, -0.25) is 14.5 Å². The number of hydrogen-bond acceptors (Lipinski definition) is 6. The first kappa shape index (κ1) is 20.2. The molecule has 2 aromatic carbocycles. The second kappa shape index (κ2) is 7.55. The molecule has 3 aromatic heterocycles. The molecule has 8 heteroatoms. The van der Waals surface area contributed by atoms with Crippen LogP contribution in [0.1, 0.15) is 22.0 Å². The highest BCUT2D eigenvalue weighted by molar-refractivity contribution is 6.10. The van der Waals surface area contributed by atoms with E-state index in [1.807, 2.05) is 62.8 Å². The van der Waals surface area contributed by atoms with Crippen LogP contribution in [0.3, 0.4) is 0 Å². The van der Waals surface area contributed by atoms with Crippen molar-refractivity contribution in [2.45, 2.75) is 6.04 Å². The number of rotatable bonds is 3. The monoisotopic (exact) mass is 450 g/mol. The highest BCUT2D eigenvalue weighted by atomic mass is 16.5. The fraction of sp³-hybridized carbons (Fsp3) is 0.154. The molecule has 2 N–H and O–H groups in total. The third-order valence-corrected chi connectivity index (χ3v) is 6.51. The summed E-state index contributed by atoms with van der Waals surface area (Å²) in [7, 11) is 3.67. The predicted molar refractivity (Wildman–Crippen MR) is 130 cm³/mol. The second-order valence-electron chi connectivity index (χ2n) is 8.50. The molecule has 5 aromatic rings. The first-order valence-electron chi connectivity index (χ1n) is 11.0. The number of hydrogen-bond donors (Lipinski definition) is 1. The second-order valence-corrected chi connectivity index (χ2v) is 8.50. The summed E-state index contributed by atoms with van der Waals surface area (Å²) >= 11 is 0. The van der Waals surface area contributed by atoms with Crippen molar-refractivity contribution in [3.05, 3.63) is 78.2 Å². The van der Waals surface area contributed by atoms with Crippen LogP contribution >= 0.6 is 0 Å². The Morgan fingerprint density at radius 2 is 2.00 bits per heavy atom. The topological polar surface area (TPSA) is 99.2 Å². The number of aromatic nitrogens is 4. The Bertz CT molecular complexity index is 1580. The van der Waals surface area contributed by atoms with Gasteiger partial charge in [-0.25, -0.2) is 4.98 Å². The molecule has 1 aliphatic rings. The summed E-state index contributed by atoms with van der Waals surface area (Å²) in [4.78, 5) is 23.9. The van der Waals surface area contributed by atoms with Crippen molar-refractivity contribution in [1.29, 1.82) is 0 Å². The van der Waals surface area contributed by atoms with E-state index in [0.29, 0.717) is 18.0 Å². The molecular weight excluding hydrogens is 428 g/mol. The summed E-state index contributed by atoms with van der Waals surface area (Å²) in [5, 5.41) is 5.93. The van der Waals surface area contributed by atoms with E-state index in [1.165, 1.54) is 0 Å². The standard InChI is InChI=1S/C26H22N6O2/c1-31(22-14-34-23-11-15(5-7-18(22)23)17-4-3-9-28-12-17)26(33)16-6-8-21-19(10-16)24-20(25(27)30-21)13-29-32(24)2/h3-13,22H,14H2,1-2H3,(H2,27,30)/t22-/m1/s1. The van der Waals surface area contributed by atoms with Gasteiger partial charge in [0.15, 0.2) is 0 Å². The maximum Gasteiger partial charge on any atom is 0.254 e. The number of ether oxygens (including phenoxy) is 1. The van der Waals surface area contributed by atoms with E-state index in [2.05, 4.69) is 15.1 Å². The largest absolute Gasteiger partial charge is 0.491 e. The fourth-order valence-corrected chi connectivity index (χ4v) is 4.66. The summed E-state index contributed by atoms with van der Waals surface area (Å²) in [5.74, 6) is 1.13. The molecule has 0 spiro atoms. The Hall–Kier alpha value is -4.46. The van der Waals surface area contributed by atoms with Crippen molar-refractivity contribution < 1.29 is 9.53 Å². The molecule has 4 heterocycles. The lowest BCUT2D eigenvalue weighted by Crippen LogP contribution is -2.32. The molecule has 0 saturated carbocycles. The summed E-state index contributed by atoms with van der Waals surface area (Å²) in [6, 6.07) is 15.3. The van der Waals surface area contributed by atoms with E-state index in [-0.39, 0.29) is 11.9 Å². The lowest BCUT2D eigenvalue weighted by molar-refractivity contribution is 0.0708. The van der Waals surface area contributed by atoms with E-state index in [4.69, 9.17) is 10.5 Å². The quantitative estimate of drug-likeness (QED) is 0.447. The van der Waals surface area contributed by atoms with E-state index >= 15 is 0 Å². The van der Waals surface area contributed by atoms with Crippen molar-refractivity contribution in [1.82, 2.24) is 24.6 Å². The van der Waals surface area contributed by atoms with Crippen molar-refractivity contribution >= 4 is 33.5 Å². The molecule has 0 unspecified atom stereocenters. The number of benzene rings is 2. The SMILES string of the molecule is CN(C(=O)c1ccc2nc(N)c3cnn(C)c3c2c1)[C@@H]1COc2cc(-c3cccnc3)ccc21. The molecule has 0 saturated heterocycles. The highest BCUT2D eigenvalue weighted by Gasteiger charge is 2.31. The zero-order valence-corrected chi connectivity index (χ0v) is 18.8. The van der Waals surface area contributed by atoms with Crippen LogP contribution in [0.15, 0.2) is 67.1 Å². The number of amides is 1. The lowest BCUT2D eigenvalue weighted by atomic mass is 10.0. The van der Waals surface area contributed by atoms with E-state index in [0.717, 1.165) is 44.2 Å². The molecule has 1 aliphatic heterocycles. The molecule has 0 radical (unpaired) electrons. The molecular formula is C26H22N6O2. The van der Waals surface area contributed by atoms with Crippen LogP contribution in [0.2, 0.25) is 0 Å². The number of aryl methyl sites for hydroxylation is 1. The number of nitrogens with zero attached hydrogens (tertiary/aromatic N) is 5. The normalized spacial score (nSPS) is 14.8. The summed E-state index contributed by atoms with van der Waals surface area (Å²) < 4.78 is 7.74. The number of pyridine rings is 2. The van der Waals surface area contributed by atoms with Gasteiger partial charge in [0.1, 0.15) is 18.2 Å². The van der Waals surface area contributed by atoms with Gasteiger partial charge in [-0.2, -0.15) is 5.10 Å². The average molecular weight is 451 g/mol. The van der Waals surface area contributed by atoms with Gasteiger partial charge < -0.3 is 15.4 Å². The minimum absolute atomic E-state index is 0.0909. The van der Waals surface area contributed by atoms with E-state index in [9.17, 15) is 4.79 Å². The molecule has 168 valence electrons. The van der Waals surface area contributed by atoms with E-state index in [1.54, 1.807) is 28.0 Å². The van der Waals surface area contributed by atoms with Gasteiger partial charge in [0, 0.05) is 48.6 Å². The molecule has 1 atom stereocenters. The maximum absolute atomic E-state index is 13.5. The van der Waals surface area contributed by atoms with Crippen molar-refractivity contribution in [3.63, 3.8) is 0 Å². The molecule has 0 aliphatic carbocycles. The van der Waals surface area contributed by atoms with Crippen LogP contribution in [-0.2, 0) is 7.05 Å². The number of fused-ring (bicyclic) bond motifs is 4. The lowest BCUT2D eigenvalue weighted by Gasteiger charge is -2.24. The minimum atomic E-state index is -0.178. The zero-order chi connectivity index (χ0) is 23.4. The maximum atomic E-state index is 13.5. The Morgan fingerprint density at radius 1 is 1.12 bits per heavy atom. The third-order valence-electron chi connectivity index (χ3n) is 6.51. The Morgan fingerprint density at radius 3 is 2.82 bits per heavy atom. The number of likely N-dealkylation sites (N-methyl/N-ethyl adjacent to an activating group) is 1. The molecule has 0 bridgehead atoms. The van der Waals surface area contributed by atoms with Gasteiger partial charge in [-0.1, -0.05) is 18.2 Å². The van der Waals surface area contributed by atoms with E-state index < -0.39 is 0 Å². The Labute approximate surface area is 195 Å².